The van der Waals surface area contributed by atoms with E-state index in [1.165, 1.54) is 35.4 Å². The summed E-state index contributed by atoms with van der Waals surface area (Å²) in [4.78, 5) is 4.87. The molecule has 1 aromatic heterocycles. The second-order valence-electron chi connectivity index (χ2n) is 5.54. The van der Waals surface area contributed by atoms with Crippen molar-refractivity contribution in [3.05, 3.63) is 41.3 Å². The molecule has 2 heteroatoms. The van der Waals surface area contributed by atoms with Crippen LogP contribution in [0.2, 0.25) is 0 Å². The molecule has 0 N–H and O–H groups in total. The Morgan fingerprint density at radius 1 is 1.28 bits per heavy atom. The number of rotatable bonds is 1. The average molecular weight is 240 g/mol. The Bertz CT molecular complexity index is 581. The van der Waals surface area contributed by atoms with Gasteiger partial charge in [0.25, 0.3) is 0 Å². The Hall–Kier alpha value is -1.57. The minimum absolute atomic E-state index is 0.595. The quantitative estimate of drug-likeness (QED) is 0.735. The van der Waals surface area contributed by atoms with E-state index in [1.807, 2.05) is 0 Å². The number of benzene rings is 1. The van der Waals surface area contributed by atoms with Crippen LogP contribution in [0.3, 0.4) is 0 Å². The van der Waals surface area contributed by atoms with Crippen molar-refractivity contribution in [1.29, 1.82) is 0 Å². The van der Waals surface area contributed by atoms with Crippen LogP contribution >= 0.6 is 0 Å². The number of fused-ring (bicyclic) bond motifs is 1. The van der Waals surface area contributed by atoms with Gasteiger partial charge in [-0.15, -0.1) is 0 Å². The molecule has 2 heterocycles. The van der Waals surface area contributed by atoms with Gasteiger partial charge in [0.1, 0.15) is 5.82 Å². The van der Waals surface area contributed by atoms with Crippen molar-refractivity contribution < 1.29 is 0 Å². The van der Waals surface area contributed by atoms with Crippen LogP contribution in [0.25, 0.3) is 11.3 Å². The fourth-order valence-electron chi connectivity index (χ4n) is 2.84. The first-order valence-electron chi connectivity index (χ1n) is 6.80. The molecule has 1 unspecified atom stereocenters. The van der Waals surface area contributed by atoms with Crippen LogP contribution in [0, 0.1) is 13.8 Å². The fourth-order valence-corrected chi connectivity index (χ4v) is 2.84. The first-order valence-corrected chi connectivity index (χ1v) is 6.80. The standard InChI is InChI=1S/C16H20N2/c1-11-6-7-12(2)14(9-11)15-10-18-8-4-5-13(3)16(18)17-15/h6-7,9-10,13H,4-5,8H2,1-3H3. The molecule has 0 radical (unpaired) electrons. The first kappa shape index (κ1) is 11.5. The van der Waals surface area contributed by atoms with Gasteiger partial charge in [0.2, 0.25) is 0 Å². The van der Waals surface area contributed by atoms with E-state index >= 15 is 0 Å². The molecule has 0 amide bonds. The Kier molecular flexibility index (Phi) is 2.73. The van der Waals surface area contributed by atoms with Crippen LogP contribution in [-0.4, -0.2) is 9.55 Å². The zero-order valence-electron chi connectivity index (χ0n) is 11.4. The SMILES string of the molecule is Cc1ccc(C)c(-c2cn3c(n2)C(C)CCC3)c1. The van der Waals surface area contributed by atoms with E-state index in [-0.39, 0.29) is 0 Å². The maximum atomic E-state index is 4.87. The molecule has 3 rings (SSSR count). The Labute approximate surface area is 109 Å². The van der Waals surface area contributed by atoms with Crippen molar-refractivity contribution in [3.8, 4) is 11.3 Å². The van der Waals surface area contributed by atoms with Crippen molar-refractivity contribution in [3.63, 3.8) is 0 Å². The molecule has 94 valence electrons. The smallest absolute Gasteiger partial charge is 0.112 e. The maximum absolute atomic E-state index is 4.87. The number of imidazole rings is 1. The van der Waals surface area contributed by atoms with E-state index in [9.17, 15) is 0 Å². The monoisotopic (exact) mass is 240 g/mol. The van der Waals surface area contributed by atoms with E-state index in [2.05, 4.69) is 49.7 Å². The summed E-state index contributed by atoms with van der Waals surface area (Å²) in [6.07, 6.45) is 4.77. The zero-order chi connectivity index (χ0) is 12.7. The molecule has 0 bridgehead atoms. The average Bonchev–Trinajstić information content (AvgIpc) is 2.77. The van der Waals surface area contributed by atoms with Crippen LogP contribution in [0.1, 0.15) is 42.6 Å². The molecule has 1 aliphatic heterocycles. The van der Waals surface area contributed by atoms with E-state index < -0.39 is 0 Å². The van der Waals surface area contributed by atoms with E-state index in [0.717, 1.165) is 12.2 Å². The van der Waals surface area contributed by atoms with Crippen LogP contribution in [-0.2, 0) is 6.54 Å². The molecule has 1 atom stereocenters. The lowest BCUT2D eigenvalue weighted by Crippen LogP contribution is -2.12. The van der Waals surface area contributed by atoms with Crippen molar-refractivity contribution in [1.82, 2.24) is 9.55 Å². The Morgan fingerprint density at radius 2 is 2.11 bits per heavy atom. The van der Waals surface area contributed by atoms with E-state index in [0.29, 0.717) is 5.92 Å². The van der Waals surface area contributed by atoms with Crippen molar-refractivity contribution in [2.75, 3.05) is 0 Å². The molecule has 2 nitrogen and oxygen atoms in total. The van der Waals surface area contributed by atoms with E-state index in [1.54, 1.807) is 0 Å². The summed E-state index contributed by atoms with van der Waals surface area (Å²) < 4.78 is 2.34. The summed E-state index contributed by atoms with van der Waals surface area (Å²) in [6, 6.07) is 6.60. The van der Waals surface area contributed by atoms with Gasteiger partial charge in [-0.05, 0) is 38.3 Å². The highest BCUT2D eigenvalue weighted by Gasteiger charge is 2.20. The molecule has 1 aromatic carbocycles. The number of aryl methyl sites for hydroxylation is 3. The normalized spacial score (nSPS) is 18.7. The lowest BCUT2D eigenvalue weighted by Gasteiger charge is -2.19. The molecular weight excluding hydrogens is 220 g/mol. The molecule has 0 saturated heterocycles. The summed E-state index contributed by atoms with van der Waals surface area (Å²) in [5.41, 5.74) is 5.03. The van der Waals surface area contributed by atoms with Gasteiger partial charge in [-0.1, -0.05) is 24.6 Å². The third-order valence-corrected chi connectivity index (χ3v) is 3.95. The first-order chi connectivity index (χ1) is 8.65. The molecule has 0 saturated carbocycles. The van der Waals surface area contributed by atoms with Crippen molar-refractivity contribution in [2.24, 2.45) is 0 Å². The molecule has 0 fully saturated rings. The zero-order valence-corrected chi connectivity index (χ0v) is 11.4. The Morgan fingerprint density at radius 3 is 2.89 bits per heavy atom. The molecular formula is C16H20N2. The van der Waals surface area contributed by atoms with Gasteiger partial charge >= 0.3 is 0 Å². The number of aromatic nitrogens is 2. The number of hydrogen-bond acceptors (Lipinski definition) is 1. The second-order valence-corrected chi connectivity index (χ2v) is 5.54. The summed E-state index contributed by atoms with van der Waals surface area (Å²) in [6.45, 7) is 7.71. The highest BCUT2D eigenvalue weighted by molar-refractivity contribution is 5.64. The minimum atomic E-state index is 0.595. The molecule has 2 aromatic rings. The maximum Gasteiger partial charge on any atom is 0.112 e. The third-order valence-electron chi connectivity index (χ3n) is 3.95. The second kappa shape index (κ2) is 4.27. The number of hydrogen-bond donors (Lipinski definition) is 0. The predicted octanol–water partition coefficient (Wildman–Crippen LogP) is 4.06. The van der Waals surface area contributed by atoms with Gasteiger partial charge in [0.05, 0.1) is 5.69 Å². The van der Waals surface area contributed by atoms with Crippen molar-refractivity contribution >= 4 is 0 Å². The van der Waals surface area contributed by atoms with Gasteiger partial charge < -0.3 is 4.57 Å². The molecule has 0 spiro atoms. The highest BCUT2D eigenvalue weighted by Crippen LogP contribution is 2.30. The van der Waals surface area contributed by atoms with E-state index in [4.69, 9.17) is 4.98 Å². The fraction of sp³-hybridized carbons (Fsp3) is 0.438. The predicted molar refractivity (Wildman–Crippen MR) is 74.8 cm³/mol. The number of nitrogens with zero attached hydrogens (tertiary/aromatic N) is 2. The lowest BCUT2D eigenvalue weighted by molar-refractivity contribution is 0.463. The summed E-state index contributed by atoms with van der Waals surface area (Å²) in [5, 5.41) is 0. The topological polar surface area (TPSA) is 17.8 Å². The van der Waals surface area contributed by atoms with Crippen LogP contribution < -0.4 is 0 Å². The van der Waals surface area contributed by atoms with Crippen molar-refractivity contribution in [2.45, 2.75) is 46.1 Å². The molecule has 18 heavy (non-hydrogen) atoms. The van der Waals surface area contributed by atoms with Crippen LogP contribution in [0.15, 0.2) is 24.4 Å². The Balaban J connectivity index is 2.10. The third kappa shape index (κ3) is 1.86. The van der Waals surface area contributed by atoms with Gasteiger partial charge in [-0.3, -0.25) is 0 Å². The van der Waals surface area contributed by atoms with Gasteiger partial charge in [0, 0.05) is 24.2 Å². The largest absolute Gasteiger partial charge is 0.334 e. The molecule has 1 aliphatic rings. The highest BCUT2D eigenvalue weighted by atomic mass is 15.1. The van der Waals surface area contributed by atoms with Crippen LogP contribution in [0.4, 0.5) is 0 Å². The van der Waals surface area contributed by atoms with Crippen LogP contribution in [0.5, 0.6) is 0 Å². The lowest BCUT2D eigenvalue weighted by atomic mass is 10.0. The molecule has 0 aliphatic carbocycles. The summed E-state index contributed by atoms with van der Waals surface area (Å²) in [7, 11) is 0. The van der Waals surface area contributed by atoms with Gasteiger partial charge in [0.15, 0.2) is 0 Å². The van der Waals surface area contributed by atoms with Gasteiger partial charge in [-0.2, -0.15) is 0 Å². The van der Waals surface area contributed by atoms with Gasteiger partial charge in [-0.25, -0.2) is 4.98 Å². The minimum Gasteiger partial charge on any atom is -0.334 e. The summed E-state index contributed by atoms with van der Waals surface area (Å²) in [5.74, 6) is 1.86. The summed E-state index contributed by atoms with van der Waals surface area (Å²) >= 11 is 0.